The van der Waals surface area contributed by atoms with E-state index in [1.165, 1.54) is 5.56 Å². The number of benzene rings is 2. The summed E-state index contributed by atoms with van der Waals surface area (Å²) in [5, 5.41) is 7.83. The molecule has 0 aliphatic carbocycles. The average molecular weight is 305 g/mol. The molecule has 2 N–H and O–H groups in total. The molecule has 1 unspecified atom stereocenters. The Balaban J connectivity index is 1.97. The van der Waals surface area contributed by atoms with Crippen LogP contribution in [-0.2, 0) is 0 Å². The molecule has 0 amide bonds. The van der Waals surface area contributed by atoms with Crippen LogP contribution in [0, 0.1) is 0 Å². The zero-order valence-corrected chi connectivity index (χ0v) is 12.8. The van der Waals surface area contributed by atoms with Crippen molar-refractivity contribution in [3.05, 3.63) is 65.2 Å². The second-order valence-electron chi connectivity index (χ2n) is 4.48. The first-order valence-electron chi connectivity index (χ1n) is 6.57. The third-order valence-corrected chi connectivity index (χ3v) is 3.49. The molecular weight excluding hydrogens is 288 g/mol. The summed E-state index contributed by atoms with van der Waals surface area (Å²) < 4.78 is 0. The highest BCUT2D eigenvalue weighted by atomic mass is 35.5. The summed E-state index contributed by atoms with van der Waals surface area (Å²) in [4.78, 5) is 0. The number of hydrogen-bond donors (Lipinski definition) is 2. The monoisotopic (exact) mass is 304 g/mol. The highest BCUT2D eigenvalue weighted by molar-refractivity contribution is 7.80. The van der Waals surface area contributed by atoms with Crippen LogP contribution in [0.25, 0.3) is 0 Å². The fraction of sp³-hybridized carbons (Fsp3) is 0.188. The quantitative estimate of drug-likeness (QED) is 0.795. The lowest BCUT2D eigenvalue weighted by Gasteiger charge is -2.20. The molecule has 0 saturated carbocycles. The number of thiocarbonyl (C=S) groups is 1. The fourth-order valence-corrected chi connectivity index (χ4v) is 2.35. The molecule has 2 rings (SSSR count). The molecule has 0 spiro atoms. The maximum absolute atomic E-state index is 5.86. The van der Waals surface area contributed by atoms with Gasteiger partial charge in [-0.1, -0.05) is 48.9 Å². The normalized spacial score (nSPS) is 11.7. The Labute approximate surface area is 130 Å². The Morgan fingerprint density at radius 3 is 2.35 bits per heavy atom. The van der Waals surface area contributed by atoms with Crippen molar-refractivity contribution < 1.29 is 0 Å². The van der Waals surface area contributed by atoms with Gasteiger partial charge in [0.25, 0.3) is 0 Å². The van der Waals surface area contributed by atoms with Crippen LogP contribution in [-0.4, -0.2) is 5.11 Å². The Hall–Kier alpha value is -1.58. The molecule has 0 saturated heterocycles. The van der Waals surface area contributed by atoms with E-state index < -0.39 is 0 Å². The standard InChI is InChI=1S/C16H17ClN2S/c1-2-15(12-6-4-3-5-7-12)19-16(20)18-14-10-8-13(17)9-11-14/h3-11,15H,2H2,1H3,(H2,18,19,20). The summed E-state index contributed by atoms with van der Waals surface area (Å²) in [7, 11) is 0. The third kappa shape index (κ3) is 4.22. The van der Waals surface area contributed by atoms with Crippen molar-refractivity contribution in [2.45, 2.75) is 19.4 Å². The van der Waals surface area contributed by atoms with Gasteiger partial charge in [-0.25, -0.2) is 0 Å². The summed E-state index contributed by atoms with van der Waals surface area (Å²) in [6, 6.07) is 18.0. The maximum atomic E-state index is 5.86. The van der Waals surface area contributed by atoms with Crippen LogP contribution >= 0.6 is 23.8 Å². The van der Waals surface area contributed by atoms with Crippen molar-refractivity contribution in [1.29, 1.82) is 0 Å². The first-order chi connectivity index (χ1) is 9.69. The number of halogens is 1. The van der Waals surface area contributed by atoms with Crippen LogP contribution in [0.4, 0.5) is 5.69 Å². The molecule has 0 radical (unpaired) electrons. The Kier molecular flexibility index (Phi) is 5.39. The van der Waals surface area contributed by atoms with Crippen LogP contribution in [0.3, 0.4) is 0 Å². The first kappa shape index (κ1) is 14.8. The SMILES string of the molecule is CCC(NC(=S)Nc1ccc(Cl)cc1)c1ccccc1. The second kappa shape index (κ2) is 7.27. The van der Waals surface area contributed by atoms with Gasteiger partial charge in [0.1, 0.15) is 0 Å². The van der Waals surface area contributed by atoms with Gasteiger partial charge in [-0.2, -0.15) is 0 Å². The molecule has 0 aliphatic heterocycles. The number of nitrogens with one attached hydrogen (secondary N) is 2. The van der Waals surface area contributed by atoms with Crippen molar-refractivity contribution in [2.75, 3.05) is 5.32 Å². The zero-order chi connectivity index (χ0) is 14.4. The molecule has 0 fully saturated rings. The summed E-state index contributed by atoms with van der Waals surface area (Å²) in [6.45, 7) is 2.13. The average Bonchev–Trinajstić information content (AvgIpc) is 2.48. The molecule has 0 aromatic heterocycles. The summed E-state index contributed by atoms with van der Waals surface area (Å²) in [5.41, 5.74) is 2.16. The van der Waals surface area contributed by atoms with Crippen molar-refractivity contribution >= 4 is 34.6 Å². The molecule has 2 aromatic rings. The maximum Gasteiger partial charge on any atom is 0.171 e. The van der Waals surface area contributed by atoms with Crippen LogP contribution in [0.2, 0.25) is 5.02 Å². The van der Waals surface area contributed by atoms with E-state index in [9.17, 15) is 0 Å². The highest BCUT2D eigenvalue weighted by Gasteiger charge is 2.09. The molecule has 0 bridgehead atoms. The fourth-order valence-electron chi connectivity index (χ4n) is 1.97. The smallest absolute Gasteiger partial charge is 0.171 e. The summed E-state index contributed by atoms with van der Waals surface area (Å²) >= 11 is 11.2. The van der Waals surface area contributed by atoms with E-state index in [-0.39, 0.29) is 6.04 Å². The number of hydrogen-bond acceptors (Lipinski definition) is 1. The number of rotatable bonds is 4. The van der Waals surface area contributed by atoms with Gasteiger partial charge in [-0.15, -0.1) is 0 Å². The van der Waals surface area contributed by atoms with Crippen LogP contribution < -0.4 is 10.6 Å². The molecule has 20 heavy (non-hydrogen) atoms. The van der Waals surface area contributed by atoms with Crippen LogP contribution in [0.5, 0.6) is 0 Å². The lowest BCUT2D eigenvalue weighted by atomic mass is 10.1. The first-order valence-corrected chi connectivity index (χ1v) is 7.35. The van der Waals surface area contributed by atoms with Crippen molar-refractivity contribution in [1.82, 2.24) is 5.32 Å². The lowest BCUT2D eigenvalue weighted by molar-refractivity contribution is 0.629. The molecule has 2 aromatic carbocycles. The topological polar surface area (TPSA) is 24.1 Å². The molecular formula is C16H17ClN2S. The Morgan fingerprint density at radius 1 is 1.10 bits per heavy atom. The summed E-state index contributed by atoms with van der Waals surface area (Å²) in [5.74, 6) is 0. The van der Waals surface area contributed by atoms with Crippen LogP contribution in [0.15, 0.2) is 54.6 Å². The molecule has 0 aliphatic rings. The van der Waals surface area contributed by atoms with E-state index in [0.29, 0.717) is 10.1 Å². The zero-order valence-electron chi connectivity index (χ0n) is 11.3. The third-order valence-electron chi connectivity index (χ3n) is 3.02. The van der Waals surface area contributed by atoms with Gasteiger partial charge in [0.2, 0.25) is 0 Å². The van der Waals surface area contributed by atoms with E-state index >= 15 is 0 Å². The van der Waals surface area contributed by atoms with E-state index in [4.69, 9.17) is 23.8 Å². The number of anilines is 1. The molecule has 104 valence electrons. The van der Waals surface area contributed by atoms with E-state index in [2.05, 4.69) is 29.7 Å². The largest absolute Gasteiger partial charge is 0.356 e. The Morgan fingerprint density at radius 2 is 1.75 bits per heavy atom. The van der Waals surface area contributed by atoms with Gasteiger partial charge in [0.15, 0.2) is 5.11 Å². The van der Waals surface area contributed by atoms with E-state index in [1.807, 2.05) is 42.5 Å². The van der Waals surface area contributed by atoms with E-state index in [1.54, 1.807) is 0 Å². The molecule has 0 heterocycles. The van der Waals surface area contributed by atoms with Gasteiger partial charge in [-0.3, -0.25) is 0 Å². The predicted octanol–water partition coefficient (Wildman–Crippen LogP) is 4.78. The van der Waals surface area contributed by atoms with Crippen molar-refractivity contribution in [2.24, 2.45) is 0 Å². The molecule has 1 atom stereocenters. The van der Waals surface area contributed by atoms with Gasteiger partial charge in [0, 0.05) is 10.7 Å². The second-order valence-corrected chi connectivity index (χ2v) is 5.32. The predicted molar refractivity (Wildman–Crippen MR) is 90.3 cm³/mol. The molecule has 4 heteroatoms. The van der Waals surface area contributed by atoms with Crippen molar-refractivity contribution in [3.8, 4) is 0 Å². The lowest BCUT2D eigenvalue weighted by Crippen LogP contribution is -2.32. The van der Waals surface area contributed by atoms with Gasteiger partial charge >= 0.3 is 0 Å². The minimum atomic E-state index is 0.212. The molecule has 2 nitrogen and oxygen atoms in total. The Bertz CT molecular complexity index is 554. The van der Waals surface area contributed by atoms with Gasteiger partial charge in [0.05, 0.1) is 6.04 Å². The summed E-state index contributed by atoms with van der Waals surface area (Å²) in [6.07, 6.45) is 0.965. The van der Waals surface area contributed by atoms with Crippen LogP contribution in [0.1, 0.15) is 24.9 Å². The van der Waals surface area contributed by atoms with Gasteiger partial charge < -0.3 is 10.6 Å². The highest BCUT2D eigenvalue weighted by Crippen LogP contribution is 2.17. The minimum Gasteiger partial charge on any atom is -0.356 e. The van der Waals surface area contributed by atoms with Crippen molar-refractivity contribution in [3.63, 3.8) is 0 Å². The van der Waals surface area contributed by atoms with E-state index in [0.717, 1.165) is 12.1 Å². The minimum absolute atomic E-state index is 0.212. The van der Waals surface area contributed by atoms with Gasteiger partial charge in [-0.05, 0) is 48.5 Å².